The standard InChI is InChI=1S/C10H11BrN4O/c1-14-6-13-15(10(14)16)5-7-2-3-8(12)4-9(7)11/h2-4,6H,5,12H2,1H3. The van der Waals surface area contributed by atoms with Gasteiger partial charge < -0.3 is 5.73 Å². The number of halogens is 1. The topological polar surface area (TPSA) is 65.8 Å². The summed E-state index contributed by atoms with van der Waals surface area (Å²) in [7, 11) is 1.67. The zero-order valence-electron chi connectivity index (χ0n) is 8.72. The molecule has 5 nitrogen and oxygen atoms in total. The summed E-state index contributed by atoms with van der Waals surface area (Å²) in [6.07, 6.45) is 1.49. The van der Waals surface area contributed by atoms with Gasteiger partial charge in [-0.3, -0.25) is 4.57 Å². The molecule has 1 heterocycles. The number of anilines is 1. The van der Waals surface area contributed by atoms with E-state index in [1.807, 2.05) is 12.1 Å². The summed E-state index contributed by atoms with van der Waals surface area (Å²) in [6.45, 7) is 0.431. The Labute approximate surface area is 101 Å². The molecule has 84 valence electrons. The molecule has 0 saturated carbocycles. The van der Waals surface area contributed by atoms with E-state index in [1.54, 1.807) is 13.1 Å². The van der Waals surface area contributed by atoms with Gasteiger partial charge in [0.2, 0.25) is 0 Å². The van der Waals surface area contributed by atoms with Crippen LogP contribution in [0.3, 0.4) is 0 Å². The average Bonchev–Trinajstić information content (AvgIpc) is 2.54. The maximum atomic E-state index is 11.6. The second-order valence-corrected chi connectivity index (χ2v) is 4.39. The first-order chi connectivity index (χ1) is 7.58. The molecule has 0 aliphatic rings. The van der Waals surface area contributed by atoms with Crippen molar-refractivity contribution in [2.45, 2.75) is 6.54 Å². The maximum absolute atomic E-state index is 11.6. The van der Waals surface area contributed by atoms with Crippen LogP contribution >= 0.6 is 15.9 Å². The first-order valence-electron chi connectivity index (χ1n) is 4.70. The van der Waals surface area contributed by atoms with E-state index in [2.05, 4.69) is 21.0 Å². The number of nitrogens with two attached hydrogens (primary N) is 1. The highest BCUT2D eigenvalue weighted by Crippen LogP contribution is 2.20. The fourth-order valence-electron chi connectivity index (χ4n) is 1.38. The quantitative estimate of drug-likeness (QED) is 0.835. The molecule has 16 heavy (non-hydrogen) atoms. The number of aryl methyl sites for hydroxylation is 1. The third-order valence-electron chi connectivity index (χ3n) is 2.28. The van der Waals surface area contributed by atoms with Crippen LogP contribution in [-0.2, 0) is 13.6 Å². The van der Waals surface area contributed by atoms with Crippen molar-refractivity contribution in [2.24, 2.45) is 7.05 Å². The third-order valence-corrected chi connectivity index (χ3v) is 3.02. The van der Waals surface area contributed by atoms with E-state index in [4.69, 9.17) is 5.73 Å². The lowest BCUT2D eigenvalue weighted by Crippen LogP contribution is -2.23. The zero-order chi connectivity index (χ0) is 11.7. The van der Waals surface area contributed by atoms with Gasteiger partial charge in [0.15, 0.2) is 0 Å². The highest BCUT2D eigenvalue weighted by Gasteiger charge is 2.05. The first-order valence-corrected chi connectivity index (χ1v) is 5.49. The Morgan fingerprint density at radius 1 is 1.50 bits per heavy atom. The highest BCUT2D eigenvalue weighted by atomic mass is 79.9. The van der Waals surface area contributed by atoms with Crippen LogP contribution < -0.4 is 11.4 Å². The maximum Gasteiger partial charge on any atom is 0.345 e. The number of benzene rings is 1. The summed E-state index contributed by atoms with van der Waals surface area (Å²) >= 11 is 3.41. The molecule has 2 aromatic rings. The van der Waals surface area contributed by atoms with Gasteiger partial charge in [0.05, 0.1) is 6.54 Å². The fraction of sp³-hybridized carbons (Fsp3) is 0.200. The van der Waals surface area contributed by atoms with Crippen LogP contribution in [0, 0.1) is 0 Å². The summed E-state index contributed by atoms with van der Waals surface area (Å²) in [4.78, 5) is 11.6. The minimum absolute atomic E-state index is 0.135. The Morgan fingerprint density at radius 3 is 2.81 bits per heavy atom. The summed E-state index contributed by atoms with van der Waals surface area (Å²) < 4.78 is 3.71. The predicted molar refractivity (Wildman–Crippen MR) is 65.1 cm³/mol. The lowest BCUT2D eigenvalue weighted by atomic mass is 10.2. The summed E-state index contributed by atoms with van der Waals surface area (Å²) in [5, 5.41) is 3.99. The van der Waals surface area contributed by atoms with Crippen LogP contribution in [0.4, 0.5) is 5.69 Å². The highest BCUT2D eigenvalue weighted by molar-refractivity contribution is 9.10. The van der Waals surface area contributed by atoms with Gasteiger partial charge in [0, 0.05) is 17.2 Å². The van der Waals surface area contributed by atoms with Crippen molar-refractivity contribution in [1.82, 2.24) is 14.3 Å². The van der Waals surface area contributed by atoms with Gasteiger partial charge >= 0.3 is 5.69 Å². The number of rotatable bonds is 2. The van der Waals surface area contributed by atoms with Crippen LogP contribution in [0.1, 0.15) is 5.56 Å². The molecule has 0 saturated heterocycles. The smallest absolute Gasteiger partial charge is 0.345 e. The molecule has 1 aromatic heterocycles. The molecule has 6 heteroatoms. The van der Waals surface area contributed by atoms with Crippen molar-refractivity contribution < 1.29 is 0 Å². The van der Waals surface area contributed by atoms with Crippen LogP contribution in [0.15, 0.2) is 33.8 Å². The Kier molecular flexibility index (Phi) is 2.82. The van der Waals surface area contributed by atoms with E-state index in [-0.39, 0.29) is 5.69 Å². The molecule has 0 bridgehead atoms. The Balaban J connectivity index is 2.34. The lowest BCUT2D eigenvalue weighted by Gasteiger charge is -2.04. The van der Waals surface area contributed by atoms with Crippen molar-refractivity contribution in [2.75, 3.05) is 5.73 Å². The molecular weight excluding hydrogens is 272 g/mol. The molecule has 0 amide bonds. The van der Waals surface area contributed by atoms with Gasteiger partial charge in [0.25, 0.3) is 0 Å². The summed E-state index contributed by atoms with van der Waals surface area (Å²) in [6, 6.07) is 5.48. The number of aromatic nitrogens is 3. The monoisotopic (exact) mass is 282 g/mol. The fourth-order valence-corrected chi connectivity index (χ4v) is 1.90. The normalized spacial score (nSPS) is 10.6. The number of hydrogen-bond acceptors (Lipinski definition) is 3. The molecule has 1 aromatic carbocycles. The van der Waals surface area contributed by atoms with Crippen LogP contribution in [0.5, 0.6) is 0 Å². The van der Waals surface area contributed by atoms with Crippen molar-refractivity contribution in [3.8, 4) is 0 Å². The second kappa shape index (κ2) is 4.13. The zero-order valence-corrected chi connectivity index (χ0v) is 10.3. The molecule has 0 spiro atoms. The summed E-state index contributed by atoms with van der Waals surface area (Å²) in [5.41, 5.74) is 7.15. The Hall–Kier alpha value is -1.56. The molecule has 2 rings (SSSR count). The second-order valence-electron chi connectivity index (χ2n) is 3.53. The van der Waals surface area contributed by atoms with E-state index >= 15 is 0 Å². The van der Waals surface area contributed by atoms with Gasteiger partial charge in [-0.15, -0.1) is 0 Å². The van der Waals surface area contributed by atoms with Gasteiger partial charge in [-0.2, -0.15) is 5.10 Å². The van der Waals surface area contributed by atoms with Gasteiger partial charge in [-0.05, 0) is 17.7 Å². The molecule has 0 aliphatic carbocycles. The van der Waals surface area contributed by atoms with E-state index in [0.717, 1.165) is 10.0 Å². The molecular formula is C10H11BrN4O. The third kappa shape index (κ3) is 2.01. The molecule has 0 fully saturated rings. The van der Waals surface area contributed by atoms with Crippen LogP contribution in [0.2, 0.25) is 0 Å². The first kappa shape index (κ1) is 10.9. The molecule has 0 atom stereocenters. The predicted octanol–water partition coefficient (Wildman–Crippen LogP) is 0.975. The summed E-state index contributed by atoms with van der Waals surface area (Å²) in [5.74, 6) is 0. The van der Waals surface area contributed by atoms with Gasteiger partial charge in [0.1, 0.15) is 6.33 Å². The Bertz CT molecular complexity index is 572. The van der Waals surface area contributed by atoms with E-state index in [1.165, 1.54) is 15.6 Å². The van der Waals surface area contributed by atoms with Crippen molar-refractivity contribution >= 4 is 21.6 Å². The SMILES string of the molecule is Cn1cnn(Cc2ccc(N)cc2Br)c1=O. The number of nitrogen functional groups attached to an aromatic ring is 1. The van der Waals surface area contributed by atoms with Gasteiger partial charge in [-0.25, -0.2) is 9.48 Å². The van der Waals surface area contributed by atoms with Crippen molar-refractivity contribution in [3.05, 3.63) is 45.0 Å². The molecule has 0 aliphatic heterocycles. The van der Waals surface area contributed by atoms with E-state index in [0.29, 0.717) is 12.2 Å². The van der Waals surface area contributed by atoms with E-state index < -0.39 is 0 Å². The van der Waals surface area contributed by atoms with Crippen molar-refractivity contribution in [1.29, 1.82) is 0 Å². The number of hydrogen-bond donors (Lipinski definition) is 1. The van der Waals surface area contributed by atoms with Gasteiger partial charge in [-0.1, -0.05) is 22.0 Å². The Morgan fingerprint density at radius 2 is 2.25 bits per heavy atom. The van der Waals surface area contributed by atoms with Crippen LogP contribution in [0.25, 0.3) is 0 Å². The minimum atomic E-state index is -0.135. The molecule has 0 radical (unpaired) electrons. The van der Waals surface area contributed by atoms with E-state index in [9.17, 15) is 4.79 Å². The lowest BCUT2D eigenvalue weighted by molar-refractivity contribution is 0.645. The van der Waals surface area contributed by atoms with Crippen LogP contribution in [-0.4, -0.2) is 14.3 Å². The average molecular weight is 283 g/mol. The largest absolute Gasteiger partial charge is 0.399 e. The molecule has 0 unspecified atom stereocenters. The number of nitrogens with zero attached hydrogens (tertiary/aromatic N) is 3. The minimum Gasteiger partial charge on any atom is -0.399 e. The van der Waals surface area contributed by atoms with Crippen molar-refractivity contribution in [3.63, 3.8) is 0 Å². The molecule has 2 N–H and O–H groups in total.